The van der Waals surface area contributed by atoms with E-state index in [-0.39, 0.29) is 19.1 Å². The van der Waals surface area contributed by atoms with E-state index in [1.807, 2.05) is 30.3 Å². The third kappa shape index (κ3) is 6.00. The van der Waals surface area contributed by atoms with Crippen molar-refractivity contribution in [1.82, 2.24) is 3.71 Å². The molecule has 0 aliphatic heterocycles. The van der Waals surface area contributed by atoms with Crippen molar-refractivity contribution in [3.8, 4) is 11.1 Å². The Balaban J connectivity index is 1.87. The number of rotatable bonds is 9. The number of hydrogen-bond acceptors (Lipinski definition) is 5. The largest absolute Gasteiger partial charge is 0.289 e. The van der Waals surface area contributed by atoms with Crippen LogP contribution in [0.1, 0.15) is 24.2 Å². The maximum absolute atomic E-state index is 15.6. The van der Waals surface area contributed by atoms with Crippen molar-refractivity contribution in [2.75, 3.05) is 0 Å². The molecule has 4 aromatic carbocycles. The smallest absolute Gasteiger partial charge is 0.277 e. The molecule has 4 aromatic rings. The predicted molar refractivity (Wildman–Crippen MR) is 149 cm³/mol. The Hall–Kier alpha value is -4.08. The molecular formula is C30H26FNO5S2. The number of sulfonamides is 2. The van der Waals surface area contributed by atoms with Crippen LogP contribution in [0.3, 0.4) is 0 Å². The van der Waals surface area contributed by atoms with Crippen LogP contribution in [0.2, 0.25) is 0 Å². The third-order valence-electron chi connectivity index (χ3n) is 5.93. The van der Waals surface area contributed by atoms with Crippen molar-refractivity contribution in [2.45, 2.75) is 29.3 Å². The maximum Gasteiger partial charge on any atom is 0.277 e. The molecule has 0 N–H and O–H groups in total. The van der Waals surface area contributed by atoms with Gasteiger partial charge in [0.05, 0.1) is 15.4 Å². The summed E-state index contributed by atoms with van der Waals surface area (Å²) in [6.07, 6.45) is 0.581. The second kappa shape index (κ2) is 11.0. The van der Waals surface area contributed by atoms with Crippen molar-refractivity contribution < 1.29 is 26.0 Å². The van der Waals surface area contributed by atoms with Gasteiger partial charge in [0.25, 0.3) is 20.0 Å². The Morgan fingerprint density at radius 1 is 0.641 bits per heavy atom. The second-order valence-corrected chi connectivity index (χ2v) is 13.0. The van der Waals surface area contributed by atoms with Gasteiger partial charge in [0.2, 0.25) is 0 Å². The van der Waals surface area contributed by atoms with E-state index in [2.05, 4.69) is 0 Å². The highest BCUT2D eigenvalue weighted by Crippen LogP contribution is 2.31. The zero-order valence-electron chi connectivity index (χ0n) is 21.2. The summed E-state index contributed by atoms with van der Waals surface area (Å²) in [5.74, 6) is -0.848. The third-order valence-corrected chi connectivity index (χ3v) is 10.0. The first-order chi connectivity index (χ1) is 18.4. The van der Waals surface area contributed by atoms with E-state index in [1.54, 1.807) is 24.3 Å². The average molecular weight is 564 g/mol. The number of benzene rings is 4. The Kier molecular flexibility index (Phi) is 7.85. The molecule has 0 aliphatic rings. The molecule has 0 aliphatic carbocycles. The van der Waals surface area contributed by atoms with E-state index >= 15 is 4.39 Å². The average Bonchev–Trinajstić information content (AvgIpc) is 2.93. The summed E-state index contributed by atoms with van der Waals surface area (Å²) in [4.78, 5) is 12.9. The Morgan fingerprint density at radius 2 is 1.03 bits per heavy atom. The van der Waals surface area contributed by atoms with Gasteiger partial charge in [-0.1, -0.05) is 91.0 Å². The highest BCUT2D eigenvalue weighted by molar-refractivity contribution is 8.04. The van der Waals surface area contributed by atoms with E-state index in [4.69, 9.17) is 0 Å². The van der Waals surface area contributed by atoms with E-state index in [0.29, 0.717) is 6.20 Å². The standard InChI is InChI=1S/C30H26FNO5S2/c1-30(2,31)28(29(33)25-20-18-24(19-21-25)23-12-6-3-7-13-23)22-32(38(34,35)26-14-8-4-9-15-26)39(36,37)27-16-10-5-11-17-27/h3-22H,1-2H3. The molecule has 9 heteroatoms. The fourth-order valence-electron chi connectivity index (χ4n) is 3.85. The van der Waals surface area contributed by atoms with Crippen LogP contribution in [0.15, 0.2) is 137 Å². The van der Waals surface area contributed by atoms with Gasteiger partial charge in [-0.2, -0.15) is 3.71 Å². The fourth-order valence-corrected chi connectivity index (χ4v) is 7.30. The number of allylic oxidation sites excluding steroid dienone is 1. The molecule has 200 valence electrons. The van der Waals surface area contributed by atoms with Crippen LogP contribution < -0.4 is 0 Å². The highest BCUT2D eigenvalue weighted by atomic mass is 32.3. The molecule has 0 heterocycles. The quantitative estimate of drug-likeness (QED) is 0.177. The van der Waals surface area contributed by atoms with Gasteiger partial charge in [-0.05, 0) is 49.2 Å². The number of alkyl halides is 1. The van der Waals surface area contributed by atoms with Gasteiger partial charge in [-0.15, -0.1) is 0 Å². The molecule has 0 saturated carbocycles. The molecule has 0 amide bonds. The first-order valence-corrected chi connectivity index (χ1v) is 14.8. The number of halogens is 1. The van der Waals surface area contributed by atoms with Crippen LogP contribution in [-0.2, 0) is 20.0 Å². The summed E-state index contributed by atoms with van der Waals surface area (Å²) in [5, 5.41) is 0. The molecule has 0 atom stereocenters. The topological polar surface area (TPSA) is 88.6 Å². The molecule has 0 spiro atoms. The van der Waals surface area contributed by atoms with Gasteiger partial charge >= 0.3 is 0 Å². The Morgan fingerprint density at radius 3 is 1.44 bits per heavy atom. The maximum atomic E-state index is 15.6. The summed E-state index contributed by atoms with van der Waals surface area (Å²) in [5.41, 5.74) is -1.25. The number of carbonyl (C=O) groups excluding carboxylic acids is 1. The van der Waals surface area contributed by atoms with Crippen LogP contribution >= 0.6 is 0 Å². The highest BCUT2D eigenvalue weighted by Gasteiger charge is 2.38. The first kappa shape index (κ1) is 27.9. The SMILES string of the molecule is CC(C)(F)C(=CN(S(=O)(=O)c1ccccc1)S(=O)(=O)c1ccccc1)C(=O)c1ccc(-c2ccccc2)cc1. The van der Waals surface area contributed by atoms with Crippen molar-refractivity contribution in [1.29, 1.82) is 0 Å². The summed E-state index contributed by atoms with van der Waals surface area (Å²) in [7, 11) is -9.54. The number of ketones is 1. The molecule has 0 radical (unpaired) electrons. The van der Waals surface area contributed by atoms with Gasteiger partial charge in [0.1, 0.15) is 5.67 Å². The van der Waals surface area contributed by atoms with E-state index in [1.165, 1.54) is 60.7 Å². The van der Waals surface area contributed by atoms with E-state index in [9.17, 15) is 21.6 Å². The normalized spacial score (nSPS) is 12.6. The van der Waals surface area contributed by atoms with Crippen LogP contribution in [-0.4, -0.2) is 32.0 Å². The lowest BCUT2D eigenvalue weighted by atomic mass is 9.92. The lowest BCUT2D eigenvalue weighted by molar-refractivity contribution is 0.0991. The molecule has 0 bridgehead atoms. The van der Waals surface area contributed by atoms with Crippen molar-refractivity contribution in [2.24, 2.45) is 0 Å². The minimum atomic E-state index is -4.77. The summed E-state index contributed by atoms with van der Waals surface area (Å²) < 4.78 is 70.2. The zero-order valence-corrected chi connectivity index (χ0v) is 22.9. The molecule has 39 heavy (non-hydrogen) atoms. The Labute approximate surface area is 228 Å². The number of Topliss-reactive ketones (excluding diaryl/α,β-unsaturated/α-hetero) is 1. The zero-order chi connectivity index (χ0) is 28.3. The predicted octanol–water partition coefficient (Wildman–Crippen LogP) is 6.25. The lowest BCUT2D eigenvalue weighted by Crippen LogP contribution is -2.35. The molecule has 6 nitrogen and oxygen atoms in total. The van der Waals surface area contributed by atoms with Gasteiger partial charge in [-0.25, -0.2) is 21.2 Å². The van der Waals surface area contributed by atoms with Gasteiger partial charge in [0, 0.05) is 11.8 Å². The van der Waals surface area contributed by atoms with Crippen LogP contribution in [0.4, 0.5) is 4.39 Å². The van der Waals surface area contributed by atoms with Crippen LogP contribution in [0.25, 0.3) is 11.1 Å². The minimum Gasteiger partial charge on any atom is -0.289 e. The molecular weight excluding hydrogens is 537 g/mol. The fraction of sp³-hybridized carbons (Fsp3) is 0.100. The molecule has 0 saturated heterocycles. The minimum absolute atomic E-state index is 0.0702. The first-order valence-electron chi connectivity index (χ1n) is 11.9. The lowest BCUT2D eigenvalue weighted by Gasteiger charge is -2.25. The van der Waals surface area contributed by atoms with E-state index < -0.39 is 37.1 Å². The molecule has 0 aromatic heterocycles. The van der Waals surface area contributed by atoms with Crippen molar-refractivity contribution in [3.05, 3.63) is 133 Å². The van der Waals surface area contributed by atoms with E-state index in [0.717, 1.165) is 25.0 Å². The molecule has 0 unspecified atom stereocenters. The van der Waals surface area contributed by atoms with Crippen molar-refractivity contribution >= 4 is 25.8 Å². The van der Waals surface area contributed by atoms with Crippen molar-refractivity contribution in [3.63, 3.8) is 0 Å². The van der Waals surface area contributed by atoms with Crippen LogP contribution in [0.5, 0.6) is 0 Å². The molecule has 4 rings (SSSR count). The summed E-state index contributed by atoms with van der Waals surface area (Å²) in [6.45, 7) is 2.13. The van der Waals surface area contributed by atoms with Crippen LogP contribution in [0, 0.1) is 0 Å². The number of hydrogen-bond donors (Lipinski definition) is 0. The molecule has 0 fully saturated rings. The second-order valence-electron chi connectivity index (χ2n) is 9.15. The number of nitrogens with zero attached hydrogens (tertiary/aromatic N) is 1. The summed E-state index contributed by atoms with van der Waals surface area (Å²) >= 11 is 0. The van der Waals surface area contributed by atoms with Gasteiger partial charge in [0.15, 0.2) is 5.78 Å². The Bertz CT molecular complexity index is 1630. The monoisotopic (exact) mass is 563 g/mol. The van der Waals surface area contributed by atoms with Gasteiger partial charge < -0.3 is 0 Å². The van der Waals surface area contributed by atoms with Gasteiger partial charge in [-0.3, -0.25) is 4.79 Å². The number of carbonyl (C=O) groups is 1. The summed E-state index contributed by atoms with van der Waals surface area (Å²) in [6, 6.07) is 29.5.